The number of carbonyl (C=O) groups is 1. The normalized spacial score (nSPS) is 23.2. The highest BCUT2D eigenvalue weighted by molar-refractivity contribution is 7.98. The van der Waals surface area contributed by atoms with E-state index in [9.17, 15) is 4.79 Å². The summed E-state index contributed by atoms with van der Waals surface area (Å²) in [4.78, 5) is 20.4. The number of benzene rings is 1. The molecule has 0 spiro atoms. The Morgan fingerprint density at radius 3 is 2.78 bits per heavy atom. The lowest BCUT2D eigenvalue weighted by molar-refractivity contribution is 0.0777. The van der Waals surface area contributed by atoms with Gasteiger partial charge in [0.05, 0.1) is 16.8 Å². The van der Waals surface area contributed by atoms with Gasteiger partial charge < -0.3 is 4.90 Å². The molecule has 1 amide bonds. The van der Waals surface area contributed by atoms with Gasteiger partial charge in [0, 0.05) is 29.1 Å². The van der Waals surface area contributed by atoms with Crippen LogP contribution in [0.3, 0.4) is 0 Å². The first-order chi connectivity index (χ1) is 11.3. The molecule has 1 aromatic carbocycles. The summed E-state index contributed by atoms with van der Waals surface area (Å²) >= 11 is 3.33. The fourth-order valence-corrected chi connectivity index (χ4v) is 5.41. The minimum Gasteiger partial charge on any atom is -0.338 e. The highest BCUT2D eigenvalue weighted by Gasteiger charge is 2.38. The first kappa shape index (κ1) is 15.2. The van der Waals surface area contributed by atoms with E-state index in [4.69, 9.17) is 0 Å². The highest BCUT2D eigenvalue weighted by atomic mass is 32.2. The van der Waals surface area contributed by atoms with E-state index >= 15 is 0 Å². The molecule has 2 fully saturated rings. The molecule has 4 rings (SSSR count). The standard InChI is InChI=1S/C18H20N2OS2/c21-18(20-8-13-4-3-5-14(13)9-20)16-6-1-2-7-17(16)23-11-15-10-22-12-19-15/h1-2,6-7,10,12-14H,3-5,8-9,11H2/t13-,14+. The first-order valence-corrected chi connectivity index (χ1v) is 10.1. The molecule has 1 aromatic heterocycles. The van der Waals surface area contributed by atoms with Crippen LogP contribution in [0.4, 0.5) is 0 Å². The van der Waals surface area contributed by atoms with Crippen LogP contribution >= 0.6 is 23.1 Å². The van der Waals surface area contributed by atoms with Crippen molar-refractivity contribution in [3.63, 3.8) is 0 Å². The monoisotopic (exact) mass is 344 g/mol. The Bertz CT molecular complexity index is 674. The predicted molar refractivity (Wildman–Crippen MR) is 94.9 cm³/mol. The second kappa shape index (κ2) is 6.65. The molecule has 0 radical (unpaired) electrons. The van der Waals surface area contributed by atoms with Crippen LogP contribution in [-0.2, 0) is 5.75 Å². The van der Waals surface area contributed by atoms with Gasteiger partial charge in [-0.1, -0.05) is 18.6 Å². The van der Waals surface area contributed by atoms with Crippen LogP contribution in [0.15, 0.2) is 40.1 Å². The number of thiazole rings is 1. The van der Waals surface area contributed by atoms with E-state index in [2.05, 4.69) is 21.3 Å². The Kier molecular flexibility index (Phi) is 4.40. The molecule has 0 N–H and O–H groups in total. The smallest absolute Gasteiger partial charge is 0.255 e. The quantitative estimate of drug-likeness (QED) is 0.775. The van der Waals surface area contributed by atoms with Crippen molar-refractivity contribution in [2.24, 2.45) is 11.8 Å². The van der Waals surface area contributed by atoms with E-state index in [1.54, 1.807) is 23.1 Å². The first-order valence-electron chi connectivity index (χ1n) is 8.19. The molecule has 2 atom stereocenters. The van der Waals surface area contributed by atoms with Crippen LogP contribution in [0.5, 0.6) is 0 Å². The third-order valence-electron chi connectivity index (χ3n) is 4.99. The van der Waals surface area contributed by atoms with E-state index in [0.29, 0.717) is 0 Å². The van der Waals surface area contributed by atoms with Gasteiger partial charge in [-0.2, -0.15) is 0 Å². The number of likely N-dealkylation sites (tertiary alicyclic amines) is 1. The molecule has 23 heavy (non-hydrogen) atoms. The second-order valence-corrected chi connectivity index (χ2v) is 8.16. The molecular formula is C18H20N2OS2. The van der Waals surface area contributed by atoms with E-state index in [0.717, 1.165) is 46.8 Å². The van der Waals surface area contributed by atoms with E-state index in [1.807, 2.05) is 23.7 Å². The van der Waals surface area contributed by atoms with Crippen molar-refractivity contribution in [1.82, 2.24) is 9.88 Å². The van der Waals surface area contributed by atoms with Crippen LogP contribution in [0.25, 0.3) is 0 Å². The van der Waals surface area contributed by atoms with E-state index in [1.165, 1.54) is 19.3 Å². The minimum atomic E-state index is 0.209. The number of carbonyl (C=O) groups excluding carboxylic acids is 1. The maximum absolute atomic E-state index is 13.0. The molecule has 1 saturated carbocycles. The van der Waals surface area contributed by atoms with Gasteiger partial charge in [0.25, 0.3) is 5.91 Å². The largest absolute Gasteiger partial charge is 0.338 e. The lowest BCUT2D eigenvalue weighted by Gasteiger charge is -2.19. The molecule has 1 aliphatic heterocycles. The maximum Gasteiger partial charge on any atom is 0.255 e. The number of hydrogen-bond donors (Lipinski definition) is 0. The van der Waals surface area contributed by atoms with Gasteiger partial charge in [-0.05, 0) is 36.8 Å². The topological polar surface area (TPSA) is 33.2 Å². The molecule has 2 aromatic rings. The number of aromatic nitrogens is 1. The Hall–Kier alpha value is -1.33. The van der Waals surface area contributed by atoms with Crippen molar-refractivity contribution in [3.05, 3.63) is 46.4 Å². The number of rotatable bonds is 4. The van der Waals surface area contributed by atoms with Crippen molar-refractivity contribution in [2.75, 3.05) is 13.1 Å². The number of hydrogen-bond acceptors (Lipinski definition) is 4. The molecule has 3 nitrogen and oxygen atoms in total. The van der Waals surface area contributed by atoms with Crippen LogP contribution in [0.2, 0.25) is 0 Å². The van der Waals surface area contributed by atoms with Gasteiger partial charge in [0.2, 0.25) is 0 Å². The highest BCUT2D eigenvalue weighted by Crippen LogP contribution is 2.38. The summed E-state index contributed by atoms with van der Waals surface area (Å²) in [6.07, 6.45) is 3.95. The maximum atomic E-state index is 13.0. The third kappa shape index (κ3) is 3.17. The van der Waals surface area contributed by atoms with Gasteiger partial charge in [-0.15, -0.1) is 23.1 Å². The lowest BCUT2D eigenvalue weighted by Crippen LogP contribution is -2.29. The van der Waals surface area contributed by atoms with Crippen molar-refractivity contribution in [2.45, 2.75) is 29.9 Å². The molecule has 2 aliphatic rings. The summed E-state index contributed by atoms with van der Waals surface area (Å²) in [6, 6.07) is 8.01. The van der Waals surface area contributed by atoms with Crippen molar-refractivity contribution < 1.29 is 4.79 Å². The zero-order valence-corrected chi connectivity index (χ0v) is 14.6. The lowest BCUT2D eigenvalue weighted by atomic mass is 10.0. The number of fused-ring (bicyclic) bond motifs is 1. The molecule has 0 unspecified atom stereocenters. The zero-order valence-electron chi connectivity index (χ0n) is 13.0. The summed E-state index contributed by atoms with van der Waals surface area (Å²) in [7, 11) is 0. The van der Waals surface area contributed by atoms with Gasteiger partial charge in [-0.25, -0.2) is 4.98 Å². The average molecular weight is 345 g/mol. The zero-order chi connectivity index (χ0) is 15.6. The average Bonchev–Trinajstić information content (AvgIpc) is 3.29. The number of nitrogens with zero attached hydrogens (tertiary/aromatic N) is 2. The van der Waals surface area contributed by atoms with Gasteiger partial charge in [0.15, 0.2) is 0 Å². The molecule has 5 heteroatoms. The van der Waals surface area contributed by atoms with Crippen LogP contribution in [0, 0.1) is 11.8 Å². The van der Waals surface area contributed by atoms with Gasteiger partial charge >= 0.3 is 0 Å². The summed E-state index contributed by atoms with van der Waals surface area (Å²) in [5, 5.41) is 2.07. The minimum absolute atomic E-state index is 0.209. The second-order valence-electron chi connectivity index (χ2n) is 6.43. The number of thioether (sulfide) groups is 1. The Morgan fingerprint density at radius 2 is 2.04 bits per heavy atom. The van der Waals surface area contributed by atoms with Gasteiger partial charge in [-0.3, -0.25) is 4.79 Å². The summed E-state index contributed by atoms with van der Waals surface area (Å²) in [5.41, 5.74) is 3.79. The fourth-order valence-electron chi connectivity index (χ4n) is 3.80. The third-order valence-corrected chi connectivity index (χ3v) is 6.73. The SMILES string of the molecule is O=C(c1ccccc1SCc1cscn1)N1C[C@H]2CCC[C@H]2C1. The Morgan fingerprint density at radius 1 is 1.26 bits per heavy atom. The Balaban J connectivity index is 1.48. The molecule has 2 heterocycles. The van der Waals surface area contributed by atoms with Crippen molar-refractivity contribution in [3.8, 4) is 0 Å². The molecule has 0 bridgehead atoms. The van der Waals surface area contributed by atoms with Crippen molar-refractivity contribution in [1.29, 1.82) is 0 Å². The summed E-state index contributed by atoms with van der Waals surface area (Å²) in [6.45, 7) is 1.91. The Labute approximate surface area is 145 Å². The number of amides is 1. The predicted octanol–water partition coefficient (Wildman–Crippen LogP) is 4.31. The molecule has 1 saturated heterocycles. The van der Waals surface area contributed by atoms with E-state index < -0.39 is 0 Å². The molecule has 120 valence electrons. The van der Waals surface area contributed by atoms with E-state index in [-0.39, 0.29) is 5.91 Å². The molecule has 1 aliphatic carbocycles. The van der Waals surface area contributed by atoms with Crippen LogP contribution in [0.1, 0.15) is 35.3 Å². The van der Waals surface area contributed by atoms with Crippen LogP contribution in [-0.4, -0.2) is 28.9 Å². The summed E-state index contributed by atoms with van der Waals surface area (Å²) in [5.74, 6) is 2.52. The van der Waals surface area contributed by atoms with Gasteiger partial charge in [0.1, 0.15) is 0 Å². The van der Waals surface area contributed by atoms with Crippen molar-refractivity contribution >= 4 is 29.0 Å². The fraction of sp³-hybridized carbons (Fsp3) is 0.444. The van der Waals surface area contributed by atoms with Crippen LogP contribution < -0.4 is 0 Å². The summed E-state index contributed by atoms with van der Waals surface area (Å²) < 4.78 is 0. The molecular weight excluding hydrogens is 324 g/mol.